The van der Waals surface area contributed by atoms with Gasteiger partial charge < -0.3 is 14.2 Å². The van der Waals surface area contributed by atoms with Gasteiger partial charge in [0.05, 0.1) is 0 Å². The molecule has 0 N–H and O–H groups in total. The number of unbranched alkanes of at least 4 members (excludes halogenated alkanes) is 35. The summed E-state index contributed by atoms with van der Waals surface area (Å²) in [6.07, 6.45) is 97.1. The van der Waals surface area contributed by atoms with E-state index in [0.717, 1.165) is 109 Å². The molecule has 83 heavy (non-hydrogen) atoms. The second-order valence-electron chi connectivity index (χ2n) is 23.4. The Morgan fingerprint density at radius 2 is 0.470 bits per heavy atom. The number of esters is 3. The average molecular weight is 1150 g/mol. The molecule has 0 aromatic rings. The average Bonchev–Trinajstić information content (AvgIpc) is 3.50. The summed E-state index contributed by atoms with van der Waals surface area (Å²) in [5.74, 6) is -0.874. The smallest absolute Gasteiger partial charge is 0.306 e. The van der Waals surface area contributed by atoms with E-state index in [2.05, 4.69) is 130 Å². The summed E-state index contributed by atoms with van der Waals surface area (Å²) in [5.41, 5.74) is 0. The van der Waals surface area contributed by atoms with Gasteiger partial charge in [-0.25, -0.2) is 0 Å². The van der Waals surface area contributed by atoms with Gasteiger partial charge in [-0.3, -0.25) is 14.4 Å². The molecule has 0 saturated heterocycles. The molecule has 0 bridgehead atoms. The predicted molar refractivity (Wildman–Crippen MR) is 362 cm³/mol. The highest BCUT2D eigenvalue weighted by atomic mass is 16.6. The van der Waals surface area contributed by atoms with Gasteiger partial charge in [0, 0.05) is 19.3 Å². The number of hydrogen-bond donors (Lipinski definition) is 0. The summed E-state index contributed by atoms with van der Waals surface area (Å²) in [6, 6.07) is 0. The van der Waals surface area contributed by atoms with Crippen LogP contribution >= 0.6 is 0 Å². The number of ether oxygens (including phenoxy) is 3. The molecule has 1 unspecified atom stereocenters. The van der Waals surface area contributed by atoms with Gasteiger partial charge in [-0.15, -0.1) is 0 Å². The van der Waals surface area contributed by atoms with Crippen molar-refractivity contribution >= 4 is 17.9 Å². The van der Waals surface area contributed by atoms with Crippen molar-refractivity contribution in [2.24, 2.45) is 0 Å². The highest BCUT2D eigenvalue weighted by molar-refractivity contribution is 5.71. The summed E-state index contributed by atoms with van der Waals surface area (Å²) >= 11 is 0. The fraction of sp³-hybridized carbons (Fsp3) is 0.727. The second-order valence-corrected chi connectivity index (χ2v) is 23.4. The van der Waals surface area contributed by atoms with E-state index in [1.807, 2.05) is 0 Å². The fourth-order valence-corrected chi connectivity index (χ4v) is 9.99. The summed E-state index contributed by atoms with van der Waals surface area (Å²) in [5, 5.41) is 0. The minimum atomic E-state index is -0.778. The molecule has 0 radical (unpaired) electrons. The van der Waals surface area contributed by atoms with E-state index in [9.17, 15) is 14.4 Å². The van der Waals surface area contributed by atoms with Crippen LogP contribution in [0.5, 0.6) is 0 Å². The van der Waals surface area contributed by atoms with E-state index in [1.54, 1.807) is 0 Å². The van der Waals surface area contributed by atoms with Crippen LogP contribution < -0.4 is 0 Å². The second kappa shape index (κ2) is 70.6. The van der Waals surface area contributed by atoms with Crippen LogP contribution in [0.25, 0.3) is 0 Å². The Hall–Kier alpha value is -3.93. The molecule has 6 nitrogen and oxygen atoms in total. The molecule has 1 atom stereocenters. The van der Waals surface area contributed by atoms with E-state index in [1.165, 1.54) is 193 Å². The third-order valence-electron chi connectivity index (χ3n) is 15.3. The molecule has 0 amide bonds. The van der Waals surface area contributed by atoms with Crippen molar-refractivity contribution < 1.29 is 28.6 Å². The largest absolute Gasteiger partial charge is 0.462 e. The molecule has 0 saturated carbocycles. The number of hydrogen-bond acceptors (Lipinski definition) is 6. The van der Waals surface area contributed by atoms with Gasteiger partial charge in [0.2, 0.25) is 0 Å². The van der Waals surface area contributed by atoms with Crippen LogP contribution in [-0.2, 0) is 28.6 Å². The first-order valence-electron chi connectivity index (χ1n) is 35.4. The van der Waals surface area contributed by atoms with Gasteiger partial charge in [0.15, 0.2) is 6.10 Å². The Balaban J connectivity index is 4.09. The minimum absolute atomic E-state index is 0.0761. The van der Waals surface area contributed by atoms with Crippen LogP contribution in [-0.4, -0.2) is 37.2 Å². The van der Waals surface area contributed by atoms with Gasteiger partial charge in [-0.2, -0.15) is 0 Å². The first kappa shape index (κ1) is 79.1. The van der Waals surface area contributed by atoms with Crippen LogP contribution in [0.3, 0.4) is 0 Å². The Bertz CT molecular complexity index is 1660. The summed E-state index contributed by atoms with van der Waals surface area (Å²) in [4.78, 5) is 38.2. The van der Waals surface area contributed by atoms with Crippen LogP contribution in [0.15, 0.2) is 109 Å². The quantitative estimate of drug-likeness (QED) is 0.0261. The van der Waals surface area contributed by atoms with Crippen molar-refractivity contribution in [2.45, 2.75) is 348 Å². The van der Waals surface area contributed by atoms with E-state index < -0.39 is 6.10 Å². The molecule has 6 heteroatoms. The van der Waals surface area contributed by atoms with Crippen LogP contribution in [0, 0.1) is 0 Å². The molecule has 0 aromatic heterocycles. The lowest BCUT2D eigenvalue weighted by Gasteiger charge is -2.18. The number of rotatable bonds is 64. The standard InChI is InChI=1S/C77H132O6/c1-4-7-10-13-16-18-20-22-24-26-28-30-32-34-35-36-37-38-39-40-41-43-44-46-48-50-52-54-56-58-61-64-67-70-76(79)82-73-74(72-81-75(78)69-66-63-60-15-12-9-6-3)83-77(80)71-68-65-62-59-57-55-53-51-49-47-45-42-33-31-29-27-25-23-21-19-17-14-11-8-5-2/h7,10,16,18,21-24,27-30,34-35,37-38,40-41,74H,4-6,8-9,11-15,17,19-20,25-26,31-33,36,39,42-73H2,1-3H3/b10-7-,18-16-,23-21-,24-22-,29-27-,30-28-,35-34-,38-37-,41-40-. The van der Waals surface area contributed by atoms with Crippen molar-refractivity contribution in [2.75, 3.05) is 13.2 Å². The maximum atomic E-state index is 12.9. The lowest BCUT2D eigenvalue weighted by Crippen LogP contribution is -2.30. The molecule has 0 spiro atoms. The van der Waals surface area contributed by atoms with Gasteiger partial charge in [-0.05, 0) is 109 Å². The molecule has 0 rings (SSSR count). The van der Waals surface area contributed by atoms with Gasteiger partial charge in [-0.1, -0.05) is 323 Å². The minimum Gasteiger partial charge on any atom is -0.462 e. The van der Waals surface area contributed by atoms with Crippen molar-refractivity contribution in [3.63, 3.8) is 0 Å². The van der Waals surface area contributed by atoms with Crippen LogP contribution in [0.2, 0.25) is 0 Å². The van der Waals surface area contributed by atoms with Gasteiger partial charge >= 0.3 is 17.9 Å². The van der Waals surface area contributed by atoms with Gasteiger partial charge in [0.25, 0.3) is 0 Å². The number of carbonyl (C=O) groups excluding carboxylic acids is 3. The first-order valence-corrected chi connectivity index (χ1v) is 35.4. The molecule has 0 aliphatic rings. The zero-order valence-electron chi connectivity index (χ0n) is 54.7. The number of carbonyl (C=O) groups is 3. The number of allylic oxidation sites excluding steroid dienone is 18. The molecular weight excluding hydrogens is 1020 g/mol. The lowest BCUT2D eigenvalue weighted by atomic mass is 10.0. The highest BCUT2D eigenvalue weighted by Crippen LogP contribution is 2.17. The van der Waals surface area contributed by atoms with Crippen LogP contribution in [0.4, 0.5) is 0 Å². The van der Waals surface area contributed by atoms with Crippen molar-refractivity contribution in [1.29, 1.82) is 0 Å². The molecule has 0 fully saturated rings. The van der Waals surface area contributed by atoms with Crippen molar-refractivity contribution in [3.05, 3.63) is 109 Å². The summed E-state index contributed by atoms with van der Waals surface area (Å²) < 4.78 is 16.9. The molecule has 0 aromatic carbocycles. The summed E-state index contributed by atoms with van der Waals surface area (Å²) in [7, 11) is 0. The molecular formula is C77H132O6. The zero-order chi connectivity index (χ0) is 59.9. The Morgan fingerprint density at radius 3 is 0.735 bits per heavy atom. The van der Waals surface area contributed by atoms with E-state index in [-0.39, 0.29) is 31.1 Å². The third kappa shape index (κ3) is 68.7. The van der Waals surface area contributed by atoms with Gasteiger partial charge in [0.1, 0.15) is 13.2 Å². The van der Waals surface area contributed by atoms with Crippen molar-refractivity contribution in [3.8, 4) is 0 Å². The fourth-order valence-electron chi connectivity index (χ4n) is 9.99. The monoisotopic (exact) mass is 1150 g/mol. The Morgan fingerprint density at radius 1 is 0.253 bits per heavy atom. The molecule has 0 heterocycles. The maximum absolute atomic E-state index is 12.9. The maximum Gasteiger partial charge on any atom is 0.306 e. The first-order chi connectivity index (χ1) is 41.0. The van der Waals surface area contributed by atoms with E-state index in [4.69, 9.17) is 14.2 Å². The third-order valence-corrected chi connectivity index (χ3v) is 15.3. The van der Waals surface area contributed by atoms with E-state index in [0.29, 0.717) is 19.3 Å². The van der Waals surface area contributed by atoms with Crippen LogP contribution in [0.1, 0.15) is 342 Å². The lowest BCUT2D eigenvalue weighted by molar-refractivity contribution is -0.167. The topological polar surface area (TPSA) is 78.9 Å². The predicted octanol–water partition coefficient (Wildman–Crippen LogP) is 24.6. The summed E-state index contributed by atoms with van der Waals surface area (Å²) in [6.45, 7) is 6.50. The Kier molecular flexibility index (Phi) is 67.2. The Labute approximate surface area is 514 Å². The van der Waals surface area contributed by atoms with Crippen molar-refractivity contribution in [1.82, 2.24) is 0 Å². The normalized spacial score (nSPS) is 12.8. The zero-order valence-corrected chi connectivity index (χ0v) is 54.7. The molecule has 0 aliphatic heterocycles. The molecule has 476 valence electrons. The molecule has 0 aliphatic carbocycles. The highest BCUT2D eigenvalue weighted by Gasteiger charge is 2.19. The van der Waals surface area contributed by atoms with E-state index >= 15 is 0 Å². The SMILES string of the molecule is CC/C=C\C/C=C\C/C=C\C/C=C\C/C=C\C/C=C\C/C=C\CCCCCCCCCCCCCC(=O)OCC(COC(=O)CCCCCCCCC)OC(=O)CCCCCCCCCCCCCCC/C=C\C/C=C\CCCCCCC.